The van der Waals surface area contributed by atoms with Crippen LogP contribution in [0.1, 0.15) is 33.1 Å². The Morgan fingerprint density at radius 2 is 1.90 bits per heavy atom. The molecule has 0 aliphatic rings. The van der Waals surface area contributed by atoms with Gasteiger partial charge in [-0.15, -0.1) is 10.1 Å². The number of hydrogen-bond donors (Lipinski definition) is 2. The van der Waals surface area contributed by atoms with E-state index >= 15 is 0 Å². The zero-order valence-electron chi connectivity index (χ0n) is 11.5. The molecule has 0 aliphatic heterocycles. The van der Waals surface area contributed by atoms with Crippen molar-refractivity contribution in [2.24, 2.45) is 5.92 Å². The molecule has 0 rings (SSSR count). The fraction of sp³-hybridized carbons (Fsp3) is 0.818. The summed E-state index contributed by atoms with van der Waals surface area (Å²) in [4.78, 5) is 36.2. The zero-order valence-corrected chi connectivity index (χ0v) is 11.5. The molecule has 0 aromatic carbocycles. The summed E-state index contributed by atoms with van der Waals surface area (Å²) in [6, 6.07) is -0.986. The fourth-order valence-electron chi connectivity index (χ4n) is 1.38. The first kappa shape index (κ1) is 17.9. The van der Waals surface area contributed by atoms with E-state index in [1.807, 2.05) is 13.8 Å². The monoisotopic (exact) mass is 292 g/mol. The Kier molecular flexibility index (Phi) is 8.80. The van der Waals surface area contributed by atoms with E-state index in [1.54, 1.807) is 0 Å². The first-order chi connectivity index (χ1) is 9.32. The summed E-state index contributed by atoms with van der Waals surface area (Å²) in [6.45, 7) is 3.67. The topological polar surface area (TPSA) is 128 Å². The third-order valence-corrected chi connectivity index (χ3v) is 2.27. The molecule has 0 fully saturated rings. The van der Waals surface area contributed by atoms with E-state index in [1.165, 1.54) is 0 Å². The maximum absolute atomic E-state index is 11.3. The molecule has 0 heterocycles. The first-order valence-electron chi connectivity index (χ1n) is 6.26. The number of amides is 1. The average Bonchev–Trinajstić information content (AvgIpc) is 2.31. The van der Waals surface area contributed by atoms with Crippen LogP contribution in [-0.4, -0.2) is 41.5 Å². The predicted octanol–water partition coefficient (Wildman–Crippen LogP) is 1.20. The number of alkyl carbamates (subject to hydrolysis) is 1. The normalized spacial score (nSPS) is 11.8. The number of rotatable bonds is 10. The number of ether oxygens (including phenoxy) is 1. The van der Waals surface area contributed by atoms with Gasteiger partial charge in [-0.2, -0.15) is 0 Å². The van der Waals surface area contributed by atoms with Crippen molar-refractivity contribution in [2.75, 3.05) is 13.2 Å². The number of aliphatic carboxylic acids is 1. The van der Waals surface area contributed by atoms with Crippen molar-refractivity contribution in [3.63, 3.8) is 0 Å². The van der Waals surface area contributed by atoms with Crippen LogP contribution in [0.5, 0.6) is 0 Å². The summed E-state index contributed by atoms with van der Waals surface area (Å²) < 4.78 is 4.77. The smallest absolute Gasteiger partial charge is 0.407 e. The molecule has 2 N–H and O–H groups in total. The lowest BCUT2D eigenvalue weighted by Gasteiger charge is -2.16. The Labute approximate surface area is 116 Å². The number of carbonyl (C=O) groups is 2. The molecule has 20 heavy (non-hydrogen) atoms. The molecule has 0 spiro atoms. The summed E-state index contributed by atoms with van der Waals surface area (Å²) in [5.41, 5.74) is 0. The lowest BCUT2D eigenvalue weighted by Crippen LogP contribution is -2.42. The largest absolute Gasteiger partial charge is 0.480 e. The van der Waals surface area contributed by atoms with Crippen molar-refractivity contribution >= 4 is 12.1 Å². The van der Waals surface area contributed by atoms with Crippen LogP contribution < -0.4 is 5.32 Å². The van der Waals surface area contributed by atoms with E-state index < -0.39 is 23.2 Å². The van der Waals surface area contributed by atoms with Gasteiger partial charge in [0.05, 0.1) is 13.2 Å². The molecule has 0 saturated heterocycles. The van der Waals surface area contributed by atoms with Gasteiger partial charge < -0.3 is 20.0 Å². The lowest BCUT2D eigenvalue weighted by molar-refractivity contribution is -0.757. The van der Waals surface area contributed by atoms with Crippen molar-refractivity contribution < 1.29 is 29.4 Å². The molecule has 0 bridgehead atoms. The highest BCUT2D eigenvalue weighted by molar-refractivity contribution is 5.79. The van der Waals surface area contributed by atoms with Crippen LogP contribution in [0.15, 0.2) is 0 Å². The number of unbranched alkanes of at least 4 members (excludes halogenated alkanes) is 1. The molecule has 0 aromatic rings. The van der Waals surface area contributed by atoms with Crippen LogP contribution in [0.4, 0.5) is 4.79 Å². The molecule has 116 valence electrons. The van der Waals surface area contributed by atoms with Crippen molar-refractivity contribution in [1.82, 2.24) is 5.32 Å². The van der Waals surface area contributed by atoms with Gasteiger partial charge in [-0.25, -0.2) is 9.59 Å². The third-order valence-electron chi connectivity index (χ3n) is 2.27. The molecule has 9 heteroatoms. The molecular weight excluding hydrogens is 272 g/mol. The summed E-state index contributed by atoms with van der Waals surface area (Å²) in [7, 11) is 0. The molecule has 9 nitrogen and oxygen atoms in total. The molecular formula is C11H20N2O7. The van der Waals surface area contributed by atoms with Gasteiger partial charge in [-0.05, 0) is 25.2 Å². The summed E-state index contributed by atoms with van der Waals surface area (Å²) in [6.07, 6.45) is 0.251. The highest BCUT2D eigenvalue weighted by Gasteiger charge is 2.21. The number of carboxylic acid groups (broad SMARTS) is 1. The van der Waals surface area contributed by atoms with E-state index in [2.05, 4.69) is 10.2 Å². The van der Waals surface area contributed by atoms with E-state index in [9.17, 15) is 19.7 Å². The van der Waals surface area contributed by atoms with E-state index in [-0.39, 0.29) is 19.1 Å². The van der Waals surface area contributed by atoms with Gasteiger partial charge in [0.2, 0.25) is 0 Å². The van der Waals surface area contributed by atoms with Crippen LogP contribution in [-0.2, 0) is 14.4 Å². The van der Waals surface area contributed by atoms with Crippen molar-refractivity contribution in [3.8, 4) is 0 Å². The second-order valence-corrected chi connectivity index (χ2v) is 4.56. The quantitative estimate of drug-likeness (QED) is 0.351. The minimum Gasteiger partial charge on any atom is -0.480 e. The Morgan fingerprint density at radius 1 is 1.30 bits per heavy atom. The number of carbonyl (C=O) groups excluding carboxylic acids is 1. The highest BCUT2D eigenvalue weighted by atomic mass is 16.9. The Bertz CT molecular complexity index is 333. The molecule has 0 aliphatic carbocycles. The van der Waals surface area contributed by atoms with Crippen LogP contribution in [0.3, 0.4) is 0 Å². The summed E-state index contributed by atoms with van der Waals surface area (Å²) >= 11 is 0. The summed E-state index contributed by atoms with van der Waals surface area (Å²) in [5.74, 6) is -0.995. The number of carboxylic acids is 1. The second kappa shape index (κ2) is 9.82. The molecule has 1 unspecified atom stereocenters. The number of hydrogen-bond acceptors (Lipinski definition) is 6. The van der Waals surface area contributed by atoms with Gasteiger partial charge in [-0.3, -0.25) is 0 Å². The third kappa shape index (κ3) is 9.92. The van der Waals surface area contributed by atoms with Gasteiger partial charge in [0, 0.05) is 0 Å². The Morgan fingerprint density at radius 3 is 2.40 bits per heavy atom. The van der Waals surface area contributed by atoms with Crippen molar-refractivity contribution in [3.05, 3.63) is 10.1 Å². The second-order valence-electron chi connectivity index (χ2n) is 4.56. The Balaban J connectivity index is 3.80. The number of nitrogens with one attached hydrogen (secondary N) is 1. The molecule has 1 amide bonds. The highest BCUT2D eigenvalue weighted by Crippen LogP contribution is 2.05. The minimum atomic E-state index is -1.12. The SMILES string of the molecule is CC(C)CC(NC(=O)OCCCCO[N+](=O)[O-])C(=O)O. The van der Waals surface area contributed by atoms with E-state index in [0.717, 1.165) is 0 Å². The van der Waals surface area contributed by atoms with E-state index in [0.29, 0.717) is 19.3 Å². The van der Waals surface area contributed by atoms with Crippen molar-refractivity contribution in [1.29, 1.82) is 0 Å². The first-order valence-corrected chi connectivity index (χ1v) is 6.26. The van der Waals surface area contributed by atoms with Crippen LogP contribution in [0, 0.1) is 16.0 Å². The standard InChI is InChI=1S/C11H20N2O7/c1-8(2)7-9(10(14)15)12-11(16)19-5-3-4-6-20-13(17)18/h8-9H,3-7H2,1-2H3,(H,12,16)(H,14,15). The van der Waals surface area contributed by atoms with Gasteiger partial charge in [-0.1, -0.05) is 13.8 Å². The minimum absolute atomic E-state index is 0.0426. The molecule has 1 atom stereocenters. The average molecular weight is 292 g/mol. The van der Waals surface area contributed by atoms with Crippen molar-refractivity contribution in [2.45, 2.75) is 39.2 Å². The maximum atomic E-state index is 11.3. The molecule has 0 saturated carbocycles. The van der Waals surface area contributed by atoms with Crippen LogP contribution in [0.25, 0.3) is 0 Å². The van der Waals surface area contributed by atoms with Gasteiger partial charge >= 0.3 is 12.1 Å². The number of nitrogens with zero attached hydrogens (tertiary/aromatic N) is 1. The van der Waals surface area contributed by atoms with Gasteiger partial charge in [0.15, 0.2) is 0 Å². The fourth-order valence-corrected chi connectivity index (χ4v) is 1.38. The maximum Gasteiger partial charge on any atom is 0.407 e. The lowest BCUT2D eigenvalue weighted by atomic mass is 10.0. The predicted molar refractivity (Wildman–Crippen MR) is 67.5 cm³/mol. The van der Waals surface area contributed by atoms with Crippen LogP contribution >= 0.6 is 0 Å². The molecule has 0 aromatic heterocycles. The summed E-state index contributed by atoms with van der Waals surface area (Å²) in [5, 5.41) is 20.1. The van der Waals surface area contributed by atoms with E-state index in [4.69, 9.17) is 9.84 Å². The zero-order chi connectivity index (χ0) is 15.5. The van der Waals surface area contributed by atoms with Gasteiger partial charge in [0.1, 0.15) is 6.04 Å². The Hall–Kier alpha value is -2.06. The molecule has 0 radical (unpaired) electrons. The van der Waals surface area contributed by atoms with Crippen LogP contribution in [0.2, 0.25) is 0 Å². The van der Waals surface area contributed by atoms with Gasteiger partial charge in [0.25, 0.3) is 5.09 Å².